The first-order valence-electron chi connectivity index (χ1n) is 5.46. The molecule has 3 aromatic heterocycles. The number of thioether (sulfide) groups is 1. The standard InChI is InChI=1S/C12H9ClN2OS3/c1-15-11(16)10-8(4-5-17-10)14-12(15)18-6-7-2-3-9(13)19-7/h2-5H,6H2,1H3. The zero-order valence-corrected chi connectivity index (χ0v) is 13.1. The SMILES string of the molecule is Cn1c(SCc2ccc(Cl)s2)nc2ccsc2c1=O. The molecule has 19 heavy (non-hydrogen) atoms. The average molecular weight is 329 g/mol. The fourth-order valence-corrected chi connectivity index (χ4v) is 4.57. The van der Waals surface area contributed by atoms with Crippen LogP contribution >= 0.6 is 46.0 Å². The maximum atomic E-state index is 12.1. The number of rotatable bonds is 3. The maximum Gasteiger partial charge on any atom is 0.271 e. The van der Waals surface area contributed by atoms with Gasteiger partial charge in [-0.15, -0.1) is 22.7 Å². The highest BCUT2D eigenvalue weighted by Crippen LogP contribution is 2.28. The number of thiophene rings is 2. The molecule has 0 spiro atoms. The van der Waals surface area contributed by atoms with E-state index in [1.54, 1.807) is 34.7 Å². The summed E-state index contributed by atoms with van der Waals surface area (Å²) >= 11 is 10.4. The molecule has 0 aliphatic heterocycles. The number of hydrogen-bond acceptors (Lipinski definition) is 5. The van der Waals surface area contributed by atoms with Crippen molar-refractivity contribution < 1.29 is 0 Å². The van der Waals surface area contributed by atoms with Crippen LogP contribution in [0.3, 0.4) is 0 Å². The van der Waals surface area contributed by atoms with Crippen LogP contribution in [0.1, 0.15) is 4.88 Å². The first-order chi connectivity index (χ1) is 9.15. The van der Waals surface area contributed by atoms with Crippen molar-refractivity contribution in [2.45, 2.75) is 10.9 Å². The second kappa shape index (κ2) is 5.28. The second-order valence-corrected chi connectivity index (χ2v) is 7.55. The maximum absolute atomic E-state index is 12.1. The largest absolute Gasteiger partial charge is 0.290 e. The van der Waals surface area contributed by atoms with Gasteiger partial charge in [0.25, 0.3) is 5.56 Å². The van der Waals surface area contributed by atoms with Gasteiger partial charge in [-0.2, -0.15) is 0 Å². The van der Waals surface area contributed by atoms with Crippen molar-refractivity contribution in [3.8, 4) is 0 Å². The van der Waals surface area contributed by atoms with Gasteiger partial charge in [0.1, 0.15) is 4.70 Å². The smallest absolute Gasteiger partial charge is 0.271 e. The lowest BCUT2D eigenvalue weighted by Gasteiger charge is -2.05. The molecule has 0 aliphatic carbocycles. The molecule has 3 rings (SSSR count). The summed E-state index contributed by atoms with van der Waals surface area (Å²) in [5, 5.41) is 2.63. The Kier molecular flexibility index (Phi) is 3.66. The van der Waals surface area contributed by atoms with Crippen LogP contribution in [0, 0.1) is 0 Å². The lowest BCUT2D eigenvalue weighted by atomic mass is 10.5. The van der Waals surface area contributed by atoms with Gasteiger partial charge >= 0.3 is 0 Å². The molecule has 0 bridgehead atoms. The highest BCUT2D eigenvalue weighted by molar-refractivity contribution is 7.98. The molecule has 0 atom stereocenters. The summed E-state index contributed by atoms with van der Waals surface area (Å²) in [6, 6.07) is 5.77. The number of hydrogen-bond donors (Lipinski definition) is 0. The van der Waals surface area contributed by atoms with Gasteiger partial charge in [0.15, 0.2) is 5.16 Å². The topological polar surface area (TPSA) is 34.9 Å². The van der Waals surface area contributed by atoms with E-state index in [1.807, 2.05) is 23.6 Å². The van der Waals surface area contributed by atoms with Crippen LogP contribution in [0.4, 0.5) is 0 Å². The van der Waals surface area contributed by atoms with Gasteiger partial charge in [-0.3, -0.25) is 9.36 Å². The van der Waals surface area contributed by atoms with Crippen LogP contribution in [0.25, 0.3) is 10.2 Å². The summed E-state index contributed by atoms with van der Waals surface area (Å²) < 4.78 is 3.11. The highest BCUT2D eigenvalue weighted by Gasteiger charge is 2.10. The Hall–Kier alpha value is -0.820. The molecule has 0 aromatic carbocycles. The van der Waals surface area contributed by atoms with Gasteiger partial charge in [0, 0.05) is 17.7 Å². The summed E-state index contributed by atoms with van der Waals surface area (Å²) in [7, 11) is 1.76. The molecule has 0 radical (unpaired) electrons. The highest BCUT2D eigenvalue weighted by atomic mass is 35.5. The minimum Gasteiger partial charge on any atom is -0.290 e. The molecular weight excluding hydrogens is 320 g/mol. The van der Waals surface area contributed by atoms with E-state index in [0.29, 0.717) is 4.70 Å². The van der Waals surface area contributed by atoms with E-state index in [1.165, 1.54) is 16.2 Å². The number of aromatic nitrogens is 2. The molecule has 0 fully saturated rings. The third-order valence-electron chi connectivity index (χ3n) is 2.62. The van der Waals surface area contributed by atoms with Crippen LogP contribution in [0.2, 0.25) is 4.34 Å². The lowest BCUT2D eigenvalue weighted by molar-refractivity contribution is 0.728. The first-order valence-corrected chi connectivity index (χ1v) is 8.52. The molecule has 7 heteroatoms. The molecule has 0 unspecified atom stereocenters. The first kappa shape index (κ1) is 13.2. The molecule has 0 saturated heterocycles. The zero-order valence-electron chi connectivity index (χ0n) is 9.92. The Balaban J connectivity index is 1.92. The Morgan fingerprint density at radius 2 is 2.26 bits per heavy atom. The summed E-state index contributed by atoms with van der Waals surface area (Å²) in [4.78, 5) is 17.8. The third-order valence-corrected chi connectivity index (χ3v) is 6.00. The van der Waals surface area contributed by atoms with E-state index in [9.17, 15) is 4.79 Å². The summed E-state index contributed by atoms with van der Waals surface area (Å²) in [5.74, 6) is 0.771. The average Bonchev–Trinajstić information content (AvgIpc) is 3.01. The third kappa shape index (κ3) is 2.58. The summed E-state index contributed by atoms with van der Waals surface area (Å²) in [5.41, 5.74) is 0.798. The van der Waals surface area contributed by atoms with Crippen molar-refractivity contribution >= 4 is 56.3 Å². The van der Waals surface area contributed by atoms with E-state index >= 15 is 0 Å². The Morgan fingerprint density at radius 3 is 3.00 bits per heavy atom. The molecule has 0 N–H and O–H groups in total. The monoisotopic (exact) mass is 328 g/mol. The van der Waals surface area contributed by atoms with Gasteiger partial charge in [0.05, 0.1) is 9.85 Å². The summed E-state index contributed by atoms with van der Waals surface area (Å²) in [6.07, 6.45) is 0. The van der Waals surface area contributed by atoms with Gasteiger partial charge in [0.2, 0.25) is 0 Å². The lowest BCUT2D eigenvalue weighted by Crippen LogP contribution is -2.18. The van der Waals surface area contributed by atoms with Crippen LogP contribution in [0.15, 0.2) is 33.5 Å². The van der Waals surface area contributed by atoms with Gasteiger partial charge in [-0.25, -0.2) is 4.98 Å². The molecular formula is C12H9ClN2OS3. The van der Waals surface area contributed by atoms with Gasteiger partial charge in [-0.05, 0) is 23.6 Å². The summed E-state index contributed by atoms with van der Waals surface area (Å²) in [6.45, 7) is 0. The Bertz CT molecular complexity index is 790. The molecule has 3 heterocycles. The molecule has 0 saturated carbocycles. The van der Waals surface area contributed by atoms with E-state index in [0.717, 1.165) is 20.8 Å². The molecule has 0 aliphatic rings. The molecule has 3 nitrogen and oxygen atoms in total. The number of halogens is 1. The van der Waals surface area contributed by atoms with Crippen molar-refractivity contribution in [1.82, 2.24) is 9.55 Å². The van der Waals surface area contributed by atoms with Crippen LogP contribution in [-0.2, 0) is 12.8 Å². The fourth-order valence-electron chi connectivity index (χ4n) is 1.66. The molecule has 98 valence electrons. The van der Waals surface area contributed by atoms with Gasteiger partial charge in [-0.1, -0.05) is 23.4 Å². The van der Waals surface area contributed by atoms with E-state index < -0.39 is 0 Å². The minimum atomic E-state index is 0.0201. The predicted octanol–water partition coefficient (Wildman–Crippen LogP) is 4.00. The van der Waals surface area contributed by atoms with E-state index in [2.05, 4.69) is 4.98 Å². The quantitative estimate of drug-likeness (QED) is 0.538. The predicted molar refractivity (Wildman–Crippen MR) is 83.8 cm³/mol. The van der Waals surface area contributed by atoms with Crippen LogP contribution < -0.4 is 5.56 Å². The fraction of sp³-hybridized carbons (Fsp3) is 0.167. The van der Waals surface area contributed by atoms with E-state index in [-0.39, 0.29) is 5.56 Å². The Labute approximate surface area is 126 Å². The van der Waals surface area contributed by atoms with Crippen molar-refractivity contribution in [3.05, 3.63) is 43.1 Å². The number of nitrogens with zero attached hydrogens (tertiary/aromatic N) is 2. The minimum absolute atomic E-state index is 0.0201. The van der Waals surface area contributed by atoms with Crippen molar-refractivity contribution in [2.24, 2.45) is 7.05 Å². The van der Waals surface area contributed by atoms with E-state index in [4.69, 9.17) is 11.6 Å². The molecule has 0 amide bonds. The van der Waals surface area contributed by atoms with Gasteiger partial charge < -0.3 is 0 Å². The molecule has 3 aromatic rings. The van der Waals surface area contributed by atoms with Crippen molar-refractivity contribution in [1.29, 1.82) is 0 Å². The normalized spacial score (nSPS) is 11.3. The van der Waals surface area contributed by atoms with Crippen molar-refractivity contribution in [3.63, 3.8) is 0 Å². The van der Waals surface area contributed by atoms with Crippen LogP contribution in [0.5, 0.6) is 0 Å². The van der Waals surface area contributed by atoms with Crippen LogP contribution in [-0.4, -0.2) is 9.55 Å². The van der Waals surface area contributed by atoms with Crippen molar-refractivity contribution in [2.75, 3.05) is 0 Å². The number of fused-ring (bicyclic) bond motifs is 1. The zero-order chi connectivity index (χ0) is 13.4. The second-order valence-electron chi connectivity index (χ2n) is 3.89. The Morgan fingerprint density at radius 1 is 1.42 bits per heavy atom.